The van der Waals surface area contributed by atoms with Gasteiger partial charge in [0.1, 0.15) is 5.75 Å². The summed E-state index contributed by atoms with van der Waals surface area (Å²) in [5.74, 6) is 0.296. The molecule has 6 heteroatoms. The minimum absolute atomic E-state index is 0.0544. The van der Waals surface area contributed by atoms with Crippen LogP contribution in [0.5, 0.6) is 5.75 Å². The lowest BCUT2D eigenvalue weighted by atomic mass is 9.71. The summed E-state index contributed by atoms with van der Waals surface area (Å²) in [5.41, 5.74) is 5.29. The van der Waals surface area contributed by atoms with Crippen LogP contribution in [0.15, 0.2) is 42.5 Å². The molecule has 0 saturated carbocycles. The fraction of sp³-hybridized carbons (Fsp3) is 0.364. The van der Waals surface area contributed by atoms with E-state index in [2.05, 4.69) is 0 Å². The second-order valence-electron chi connectivity index (χ2n) is 7.81. The molecule has 2 aliphatic rings. The Kier molecular flexibility index (Phi) is 4.81. The van der Waals surface area contributed by atoms with Crippen molar-refractivity contribution in [2.45, 2.75) is 25.7 Å². The van der Waals surface area contributed by atoms with E-state index in [0.717, 1.165) is 50.1 Å². The van der Waals surface area contributed by atoms with Gasteiger partial charge in [-0.05, 0) is 78.6 Å². The summed E-state index contributed by atoms with van der Waals surface area (Å²) in [7, 11) is 1.61. The molecule has 1 unspecified atom stereocenters. The first-order valence-electron chi connectivity index (χ1n) is 9.53. The predicted molar refractivity (Wildman–Crippen MR) is 104 cm³/mol. The smallest absolute Gasteiger partial charge is 0.274 e. The van der Waals surface area contributed by atoms with Crippen LogP contribution >= 0.6 is 0 Å². The summed E-state index contributed by atoms with van der Waals surface area (Å²) < 4.78 is 5.16. The van der Waals surface area contributed by atoms with Gasteiger partial charge in [0, 0.05) is 24.2 Å². The highest BCUT2D eigenvalue weighted by molar-refractivity contribution is 5.95. The number of carbonyl (C=O) groups excluding carboxylic acids is 2. The van der Waals surface area contributed by atoms with E-state index in [1.54, 1.807) is 18.7 Å². The van der Waals surface area contributed by atoms with E-state index in [9.17, 15) is 9.59 Å². The number of carbonyl (C=O) groups is 2. The molecule has 2 amide bonds. The van der Waals surface area contributed by atoms with Gasteiger partial charge in [-0.3, -0.25) is 14.8 Å². The number of fused-ring (bicyclic) bond motifs is 1. The van der Waals surface area contributed by atoms with Gasteiger partial charge < -0.3 is 9.64 Å². The number of rotatable bonds is 3. The number of methoxy groups -OCH3 is 1. The molecule has 1 aliphatic carbocycles. The van der Waals surface area contributed by atoms with Crippen LogP contribution in [0.4, 0.5) is 0 Å². The van der Waals surface area contributed by atoms with Crippen LogP contribution in [0.25, 0.3) is 0 Å². The van der Waals surface area contributed by atoms with Crippen molar-refractivity contribution in [3.8, 4) is 5.75 Å². The molecule has 2 aromatic rings. The molecule has 1 spiro atoms. The number of benzene rings is 2. The molecule has 1 fully saturated rings. The van der Waals surface area contributed by atoms with Gasteiger partial charge in [-0.2, -0.15) is 0 Å². The molecule has 1 saturated heterocycles. The number of ether oxygens (including phenoxy) is 1. The third-order valence-corrected chi connectivity index (χ3v) is 6.12. The SMILES string of the molecule is COc1ccc(C(=O)N2CCC3(CCc4ccc(C(=O)NO)cc4C3)C2)cc1. The molecule has 2 N–H and O–H groups in total. The van der Waals surface area contributed by atoms with Crippen molar-refractivity contribution in [1.82, 2.24) is 10.4 Å². The molecular formula is C22H24N2O4. The van der Waals surface area contributed by atoms with E-state index in [1.807, 2.05) is 41.3 Å². The minimum atomic E-state index is -0.495. The third kappa shape index (κ3) is 3.36. The average molecular weight is 380 g/mol. The molecule has 1 heterocycles. The molecule has 0 radical (unpaired) electrons. The van der Waals surface area contributed by atoms with Crippen LogP contribution in [-0.2, 0) is 12.8 Å². The van der Waals surface area contributed by atoms with Crippen molar-refractivity contribution >= 4 is 11.8 Å². The Bertz CT molecular complexity index is 909. The maximum Gasteiger partial charge on any atom is 0.274 e. The summed E-state index contributed by atoms with van der Waals surface area (Å²) in [6.07, 6.45) is 3.80. The normalized spacial score (nSPS) is 20.7. The molecule has 2 aromatic carbocycles. The molecule has 1 atom stereocenters. The van der Waals surface area contributed by atoms with E-state index in [1.165, 1.54) is 5.56 Å². The second kappa shape index (κ2) is 7.28. The van der Waals surface area contributed by atoms with Crippen LogP contribution < -0.4 is 10.2 Å². The summed E-state index contributed by atoms with van der Waals surface area (Å²) in [4.78, 5) is 26.6. The molecule has 1 aliphatic heterocycles. The standard InChI is InChI=1S/C22H24N2O4/c1-28-19-6-4-16(5-7-19)21(26)24-11-10-22(14-24)9-8-15-2-3-17(20(25)23-27)12-18(15)13-22/h2-7,12,27H,8-11,13-14H2,1H3,(H,23,25). The average Bonchev–Trinajstić information content (AvgIpc) is 3.15. The molecule has 146 valence electrons. The molecule has 28 heavy (non-hydrogen) atoms. The van der Waals surface area contributed by atoms with Gasteiger partial charge in [0.2, 0.25) is 0 Å². The Morgan fingerprint density at radius 3 is 2.54 bits per heavy atom. The first-order chi connectivity index (χ1) is 13.5. The monoisotopic (exact) mass is 380 g/mol. The van der Waals surface area contributed by atoms with Gasteiger partial charge in [0.05, 0.1) is 7.11 Å². The van der Waals surface area contributed by atoms with Crippen LogP contribution in [0.1, 0.15) is 44.7 Å². The maximum absolute atomic E-state index is 12.9. The van der Waals surface area contributed by atoms with Gasteiger partial charge in [0.25, 0.3) is 11.8 Å². The number of hydrogen-bond donors (Lipinski definition) is 2. The Balaban J connectivity index is 1.50. The quantitative estimate of drug-likeness (QED) is 0.634. The van der Waals surface area contributed by atoms with Gasteiger partial charge >= 0.3 is 0 Å². The van der Waals surface area contributed by atoms with Crippen LogP contribution in [0.3, 0.4) is 0 Å². The van der Waals surface area contributed by atoms with Crippen LogP contribution in [-0.4, -0.2) is 42.1 Å². The predicted octanol–water partition coefficient (Wildman–Crippen LogP) is 2.84. The first kappa shape index (κ1) is 18.5. The lowest BCUT2D eigenvalue weighted by Crippen LogP contribution is -2.35. The van der Waals surface area contributed by atoms with E-state index >= 15 is 0 Å². The fourth-order valence-electron chi connectivity index (χ4n) is 4.51. The third-order valence-electron chi connectivity index (χ3n) is 6.12. The van der Waals surface area contributed by atoms with Crippen molar-refractivity contribution in [1.29, 1.82) is 0 Å². The van der Waals surface area contributed by atoms with Gasteiger partial charge in [-0.15, -0.1) is 0 Å². The Labute approximate surface area is 164 Å². The summed E-state index contributed by atoms with van der Waals surface area (Å²) in [6.45, 7) is 1.48. The highest BCUT2D eigenvalue weighted by atomic mass is 16.5. The molecular weight excluding hydrogens is 356 g/mol. The first-order valence-corrected chi connectivity index (χ1v) is 9.53. The zero-order valence-electron chi connectivity index (χ0n) is 15.9. The Morgan fingerprint density at radius 1 is 1.07 bits per heavy atom. The van der Waals surface area contributed by atoms with Gasteiger partial charge in [-0.1, -0.05) is 6.07 Å². The lowest BCUT2D eigenvalue weighted by molar-refractivity contribution is 0.0706. The topological polar surface area (TPSA) is 78.9 Å². The summed E-state index contributed by atoms with van der Waals surface area (Å²) >= 11 is 0. The number of likely N-dealkylation sites (tertiary alicyclic amines) is 1. The second-order valence-corrected chi connectivity index (χ2v) is 7.81. The molecule has 0 aromatic heterocycles. The molecule has 4 rings (SSSR count). The number of nitrogens with zero attached hydrogens (tertiary/aromatic N) is 1. The highest BCUT2D eigenvalue weighted by Crippen LogP contribution is 2.43. The van der Waals surface area contributed by atoms with Crippen molar-refractivity contribution in [2.75, 3.05) is 20.2 Å². The van der Waals surface area contributed by atoms with Gasteiger partial charge in [0.15, 0.2) is 0 Å². The Morgan fingerprint density at radius 2 is 1.82 bits per heavy atom. The van der Waals surface area contributed by atoms with Crippen LogP contribution in [0, 0.1) is 5.41 Å². The summed E-state index contributed by atoms with van der Waals surface area (Å²) in [5, 5.41) is 8.88. The minimum Gasteiger partial charge on any atom is -0.497 e. The number of hydrogen-bond acceptors (Lipinski definition) is 4. The largest absolute Gasteiger partial charge is 0.497 e. The van der Waals surface area contributed by atoms with Crippen molar-refractivity contribution in [2.24, 2.45) is 5.41 Å². The van der Waals surface area contributed by atoms with E-state index in [0.29, 0.717) is 11.1 Å². The zero-order valence-corrected chi connectivity index (χ0v) is 15.9. The van der Waals surface area contributed by atoms with Crippen LogP contribution in [0.2, 0.25) is 0 Å². The van der Waals surface area contributed by atoms with Crippen molar-refractivity contribution in [3.05, 3.63) is 64.7 Å². The summed E-state index contributed by atoms with van der Waals surface area (Å²) in [6, 6.07) is 12.8. The van der Waals surface area contributed by atoms with Gasteiger partial charge in [-0.25, -0.2) is 5.48 Å². The molecule has 0 bridgehead atoms. The maximum atomic E-state index is 12.9. The lowest BCUT2D eigenvalue weighted by Gasteiger charge is -2.35. The van der Waals surface area contributed by atoms with E-state index in [4.69, 9.17) is 9.94 Å². The van der Waals surface area contributed by atoms with Crippen molar-refractivity contribution < 1.29 is 19.5 Å². The number of amides is 2. The molecule has 6 nitrogen and oxygen atoms in total. The number of nitrogens with one attached hydrogen (secondary N) is 1. The fourth-order valence-corrected chi connectivity index (χ4v) is 4.51. The Hall–Kier alpha value is -2.86. The van der Waals surface area contributed by atoms with E-state index in [-0.39, 0.29) is 11.3 Å². The number of hydroxylamine groups is 1. The van der Waals surface area contributed by atoms with Crippen molar-refractivity contribution in [3.63, 3.8) is 0 Å². The zero-order chi connectivity index (χ0) is 19.7. The highest BCUT2D eigenvalue weighted by Gasteiger charge is 2.42. The van der Waals surface area contributed by atoms with E-state index < -0.39 is 5.91 Å². The number of aryl methyl sites for hydroxylation is 1.